The van der Waals surface area contributed by atoms with Gasteiger partial charge in [0.15, 0.2) is 0 Å². The van der Waals surface area contributed by atoms with Gasteiger partial charge in [0.05, 0.1) is 18.7 Å². The van der Waals surface area contributed by atoms with Crippen molar-refractivity contribution in [2.75, 3.05) is 13.1 Å². The molecule has 0 spiro atoms. The second kappa shape index (κ2) is 12.8. The van der Waals surface area contributed by atoms with E-state index in [0.717, 1.165) is 23.1 Å². The van der Waals surface area contributed by atoms with Gasteiger partial charge in [-0.2, -0.15) is 0 Å². The maximum Gasteiger partial charge on any atom is 0.224 e. The molecule has 1 heterocycles. The highest BCUT2D eigenvalue weighted by atomic mass is 35.5. The van der Waals surface area contributed by atoms with Crippen molar-refractivity contribution in [2.24, 2.45) is 0 Å². The summed E-state index contributed by atoms with van der Waals surface area (Å²) in [6.07, 6.45) is 0.852. The topological polar surface area (TPSA) is 115 Å². The van der Waals surface area contributed by atoms with Crippen LogP contribution in [0.4, 0.5) is 0 Å². The summed E-state index contributed by atoms with van der Waals surface area (Å²) in [4.78, 5) is 16.5. The number of amides is 1. The average molecular weight is 512 g/mol. The standard InChI is InChI=1S/C28H34ClN3O4/c1-28(2,31-17-26(35)23-10-11-25(34)24(18-33)32-23)16-21-5-3-4-20(14-21)15-27(36)30-13-12-19-6-8-22(29)9-7-19/h3-11,14,26,31,33-35H,12-13,15-18H2,1-2H3,(H,30,36). The minimum absolute atomic E-state index is 0.0229. The Labute approximate surface area is 217 Å². The Kier molecular flexibility index (Phi) is 9.84. The highest BCUT2D eigenvalue weighted by Crippen LogP contribution is 2.20. The van der Waals surface area contributed by atoms with Crippen LogP contribution in [0.25, 0.3) is 0 Å². The molecule has 0 aliphatic rings. The van der Waals surface area contributed by atoms with E-state index in [4.69, 9.17) is 11.6 Å². The van der Waals surface area contributed by atoms with Crippen LogP contribution in [0.15, 0.2) is 60.7 Å². The third-order valence-electron chi connectivity index (χ3n) is 5.89. The summed E-state index contributed by atoms with van der Waals surface area (Å²) in [6, 6.07) is 18.5. The predicted molar refractivity (Wildman–Crippen MR) is 141 cm³/mol. The van der Waals surface area contributed by atoms with E-state index in [0.29, 0.717) is 30.1 Å². The smallest absolute Gasteiger partial charge is 0.224 e. The van der Waals surface area contributed by atoms with Gasteiger partial charge in [-0.15, -0.1) is 0 Å². The molecule has 0 radical (unpaired) electrons. The van der Waals surface area contributed by atoms with Gasteiger partial charge >= 0.3 is 0 Å². The van der Waals surface area contributed by atoms with Crippen molar-refractivity contribution in [3.63, 3.8) is 0 Å². The Morgan fingerprint density at radius 3 is 2.50 bits per heavy atom. The Hall–Kier alpha value is -2.97. The Balaban J connectivity index is 1.49. The molecule has 1 aromatic heterocycles. The van der Waals surface area contributed by atoms with Crippen molar-refractivity contribution in [1.82, 2.24) is 15.6 Å². The molecular formula is C28H34ClN3O4. The van der Waals surface area contributed by atoms with Gasteiger partial charge in [0.1, 0.15) is 17.5 Å². The van der Waals surface area contributed by atoms with Gasteiger partial charge < -0.3 is 26.0 Å². The number of hydrogen-bond donors (Lipinski definition) is 5. The Bertz CT molecular complexity index is 1150. The number of halogens is 1. The normalized spacial score (nSPS) is 12.4. The molecule has 1 unspecified atom stereocenters. The number of nitrogens with one attached hydrogen (secondary N) is 2. The second-order valence-corrected chi connectivity index (χ2v) is 9.98. The maximum atomic E-state index is 12.4. The number of β-amino-alcohol motifs (C(OH)–C–C–N with tert-alkyl or cyclic N) is 1. The van der Waals surface area contributed by atoms with Gasteiger partial charge in [-0.1, -0.05) is 48.0 Å². The first-order valence-corrected chi connectivity index (χ1v) is 12.3. The van der Waals surface area contributed by atoms with E-state index >= 15 is 0 Å². The number of rotatable bonds is 12. The predicted octanol–water partition coefficient (Wildman–Crippen LogP) is 3.48. The summed E-state index contributed by atoms with van der Waals surface area (Å²) < 4.78 is 0. The van der Waals surface area contributed by atoms with Gasteiger partial charge in [0.2, 0.25) is 5.91 Å². The van der Waals surface area contributed by atoms with E-state index in [1.807, 2.05) is 62.4 Å². The van der Waals surface area contributed by atoms with E-state index < -0.39 is 12.7 Å². The van der Waals surface area contributed by atoms with Crippen molar-refractivity contribution < 1.29 is 20.1 Å². The van der Waals surface area contributed by atoms with Crippen molar-refractivity contribution in [3.05, 3.63) is 93.8 Å². The minimum atomic E-state index is -0.891. The lowest BCUT2D eigenvalue weighted by Crippen LogP contribution is -2.43. The molecule has 192 valence electrons. The molecule has 0 saturated carbocycles. The SMILES string of the molecule is CC(C)(Cc1cccc(CC(=O)NCCc2ccc(Cl)cc2)c1)NCC(O)c1ccc(O)c(CO)n1. The van der Waals surface area contributed by atoms with Crippen molar-refractivity contribution in [3.8, 4) is 5.75 Å². The Morgan fingerprint density at radius 1 is 1.06 bits per heavy atom. The number of aromatic hydroxyl groups is 1. The molecule has 0 aliphatic heterocycles. The molecule has 3 aromatic rings. The lowest BCUT2D eigenvalue weighted by Gasteiger charge is -2.28. The zero-order chi connectivity index (χ0) is 26.1. The van der Waals surface area contributed by atoms with Crippen LogP contribution >= 0.6 is 11.6 Å². The Morgan fingerprint density at radius 2 is 1.78 bits per heavy atom. The second-order valence-electron chi connectivity index (χ2n) is 9.54. The van der Waals surface area contributed by atoms with Crippen LogP contribution in [0.2, 0.25) is 5.02 Å². The van der Waals surface area contributed by atoms with Gasteiger partial charge in [0, 0.05) is 23.7 Å². The number of aliphatic hydroxyl groups excluding tert-OH is 2. The monoisotopic (exact) mass is 511 g/mol. The van der Waals surface area contributed by atoms with Crippen LogP contribution in [-0.2, 0) is 30.7 Å². The van der Waals surface area contributed by atoms with Crippen molar-refractivity contribution in [2.45, 2.75) is 51.4 Å². The molecule has 0 bridgehead atoms. The molecule has 2 aromatic carbocycles. The molecule has 1 atom stereocenters. The third-order valence-corrected chi connectivity index (χ3v) is 6.14. The van der Waals surface area contributed by atoms with Crippen LogP contribution in [0.3, 0.4) is 0 Å². The van der Waals surface area contributed by atoms with Crippen molar-refractivity contribution >= 4 is 17.5 Å². The van der Waals surface area contributed by atoms with E-state index in [9.17, 15) is 20.1 Å². The third kappa shape index (κ3) is 8.60. The van der Waals surface area contributed by atoms with E-state index in [-0.39, 0.29) is 29.4 Å². The quantitative estimate of drug-likeness (QED) is 0.254. The number of carbonyl (C=O) groups excluding carboxylic acids is 1. The van der Waals surface area contributed by atoms with Crippen molar-refractivity contribution in [1.29, 1.82) is 0 Å². The summed E-state index contributed by atoms with van der Waals surface area (Å²) in [6.45, 7) is 4.50. The lowest BCUT2D eigenvalue weighted by molar-refractivity contribution is -0.120. The lowest BCUT2D eigenvalue weighted by atomic mass is 9.93. The summed E-state index contributed by atoms with van der Waals surface area (Å²) in [7, 11) is 0. The molecular weight excluding hydrogens is 478 g/mol. The van der Waals surface area contributed by atoms with Crippen LogP contribution < -0.4 is 10.6 Å². The molecule has 36 heavy (non-hydrogen) atoms. The summed E-state index contributed by atoms with van der Waals surface area (Å²) in [5.41, 5.74) is 3.32. The largest absolute Gasteiger partial charge is 0.506 e. The van der Waals surface area contributed by atoms with Gasteiger partial charge in [0.25, 0.3) is 0 Å². The van der Waals surface area contributed by atoms with E-state index in [1.165, 1.54) is 12.1 Å². The number of aromatic nitrogens is 1. The number of benzene rings is 2. The fourth-order valence-corrected chi connectivity index (χ4v) is 4.08. The fraction of sp³-hybridized carbons (Fsp3) is 0.357. The van der Waals surface area contributed by atoms with Crippen LogP contribution in [0.5, 0.6) is 5.75 Å². The molecule has 1 amide bonds. The fourth-order valence-electron chi connectivity index (χ4n) is 3.96. The van der Waals surface area contributed by atoms with Crippen LogP contribution in [0.1, 0.15) is 48.0 Å². The molecule has 0 aliphatic carbocycles. The number of pyridine rings is 1. The summed E-state index contributed by atoms with van der Waals surface area (Å²) in [5, 5.41) is 36.5. The highest BCUT2D eigenvalue weighted by Gasteiger charge is 2.21. The number of nitrogens with zero attached hydrogens (tertiary/aromatic N) is 1. The van der Waals surface area contributed by atoms with Gasteiger partial charge in [-0.3, -0.25) is 4.79 Å². The maximum absolute atomic E-state index is 12.4. The van der Waals surface area contributed by atoms with Crippen LogP contribution in [0, 0.1) is 0 Å². The molecule has 0 fully saturated rings. The van der Waals surface area contributed by atoms with E-state index in [1.54, 1.807) is 0 Å². The zero-order valence-corrected chi connectivity index (χ0v) is 21.4. The van der Waals surface area contributed by atoms with E-state index in [2.05, 4.69) is 15.6 Å². The molecule has 5 N–H and O–H groups in total. The average Bonchev–Trinajstić information content (AvgIpc) is 2.84. The number of aliphatic hydroxyl groups is 2. The number of carbonyl (C=O) groups is 1. The molecule has 7 nitrogen and oxygen atoms in total. The number of hydrogen-bond acceptors (Lipinski definition) is 6. The first-order valence-electron chi connectivity index (χ1n) is 12.0. The zero-order valence-electron chi connectivity index (χ0n) is 20.7. The first-order chi connectivity index (χ1) is 17.1. The molecule has 0 saturated heterocycles. The summed E-state index contributed by atoms with van der Waals surface area (Å²) >= 11 is 5.91. The minimum Gasteiger partial charge on any atom is -0.506 e. The summed E-state index contributed by atoms with van der Waals surface area (Å²) in [5.74, 6) is -0.123. The van der Waals surface area contributed by atoms with Gasteiger partial charge in [-0.05, 0) is 67.6 Å². The molecule has 8 heteroatoms. The van der Waals surface area contributed by atoms with Crippen LogP contribution in [-0.4, -0.2) is 44.8 Å². The van der Waals surface area contributed by atoms with Gasteiger partial charge in [-0.25, -0.2) is 4.98 Å². The first kappa shape index (κ1) is 27.6. The molecule has 3 rings (SSSR count). The highest BCUT2D eigenvalue weighted by molar-refractivity contribution is 6.30.